The number of rotatable bonds is 7. The summed E-state index contributed by atoms with van der Waals surface area (Å²) in [6, 6.07) is 11.7. The number of benzene rings is 2. The predicted octanol–water partition coefficient (Wildman–Crippen LogP) is 6.52. The summed E-state index contributed by atoms with van der Waals surface area (Å²) in [5, 5.41) is 0. The first-order chi connectivity index (χ1) is 12.7. The van der Waals surface area contributed by atoms with Gasteiger partial charge < -0.3 is 4.74 Å². The molecule has 0 amide bonds. The van der Waals surface area contributed by atoms with Crippen LogP contribution in [0.3, 0.4) is 0 Å². The highest BCUT2D eigenvalue weighted by Crippen LogP contribution is 2.33. The van der Waals surface area contributed by atoms with Gasteiger partial charge in [0, 0.05) is 24.8 Å². The quantitative estimate of drug-likeness (QED) is 0.390. The number of aryl methyl sites for hydroxylation is 1. The minimum absolute atomic E-state index is 0.00138. The lowest BCUT2D eigenvalue weighted by molar-refractivity contribution is -0.178. The summed E-state index contributed by atoms with van der Waals surface area (Å²) >= 11 is 0. The maximum absolute atomic E-state index is 14.4. The SMILES string of the molecule is COCCC(Cc1ccc(/C(F)=C(/F)c2ccc(C)cc2)cc1)C(F)(F)F. The molecule has 1 atom stereocenters. The van der Waals surface area contributed by atoms with Crippen LogP contribution in [-0.4, -0.2) is 19.9 Å². The lowest BCUT2D eigenvalue weighted by atomic mass is 9.95. The van der Waals surface area contributed by atoms with E-state index >= 15 is 0 Å². The van der Waals surface area contributed by atoms with Crippen molar-refractivity contribution in [2.75, 3.05) is 13.7 Å². The molecule has 0 N–H and O–H groups in total. The molecule has 0 fully saturated rings. The molecule has 0 radical (unpaired) electrons. The van der Waals surface area contributed by atoms with Crippen molar-refractivity contribution in [3.8, 4) is 0 Å². The van der Waals surface area contributed by atoms with Gasteiger partial charge in [-0.15, -0.1) is 0 Å². The van der Waals surface area contributed by atoms with Crippen LogP contribution in [0.5, 0.6) is 0 Å². The molecule has 0 aliphatic carbocycles. The summed E-state index contributed by atoms with van der Waals surface area (Å²) in [5.41, 5.74) is 1.42. The van der Waals surface area contributed by atoms with Crippen LogP contribution in [-0.2, 0) is 11.2 Å². The van der Waals surface area contributed by atoms with Crippen molar-refractivity contribution < 1.29 is 26.7 Å². The molecule has 0 aromatic heterocycles. The fourth-order valence-electron chi connectivity index (χ4n) is 2.67. The third-order valence-electron chi connectivity index (χ3n) is 4.32. The zero-order valence-electron chi connectivity index (χ0n) is 15.1. The zero-order valence-corrected chi connectivity index (χ0v) is 15.1. The molecule has 1 nitrogen and oxygen atoms in total. The monoisotopic (exact) mass is 384 g/mol. The van der Waals surface area contributed by atoms with Gasteiger partial charge in [0.05, 0.1) is 5.92 Å². The van der Waals surface area contributed by atoms with E-state index < -0.39 is 23.7 Å². The van der Waals surface area contributed by atoms with E-state index in [1.165, 1.54) is 43.5 Å². The highest BCUT2D eigenvalue weighted by Gasteiger charge is 2.38. The second kappa shape index (κ2) is 9.13. The largest absolute Gasteiger partial charge is 0.392 e. The van der Waals surface area contributed by atoms with Gasteiger partial charge in [0.25, 0.3) is 0 Å². The second-order valence-electron chi connectivity index (χ2n) is 6.42. The van der Waals surface area contributed by atoms with E-state index in [1.54, 1.807) is 12.1 Å². The van der Waals surface area contributed by atoms with E-state index in [1.807, 2.05) is 6.92 Å². The summed E-state index contributed by atoms with van der Waals surface area (Å²) in [5.74, 6) is -3.60. The van der Waals surface area contributed by atoms with Gasteiger partial charge in [-0.3, -0.25) is 0 Å². The molecule has 0 saturated heterocycles. The van der Waals surface area contributed by atoms with Gasteiger partial charge in [-0.1, -0.05) is 54.1 Å². The molecule has 0 heterocycles. The molecule has 0 aliphatic heterocycles. The summed E-state index contributed by atoms with van der Waals surface area (Å²) in [4.78, 5) is 0. The van der Waals surface area contributed by atoms with Gasteiger partial charge in [-0.05, 0) is 25.3 Å². The Hall–Kier alpha value is -2.21. The highest BCUT2D eigenvalue weighted by molar-refractivity contribution is 5.83. The van der Waals surface area contributed by atoms with E-state index in [4.69, 9.17) is 4.74 Å². The van der Waals surface area contributed by atoms with Gasteiger partial charge in [0.1, 0.15) is 0 Å². The van der Waals surface area contributed by atoms with E-state index in [-0.39, 0.29) is 30.6 Å². The average Bonchev–Trinajstić information content (AvgIpc) is 2.64. The molecule has 2 aromatic carbocycles. The van der Waals surface area contributed by atoms with Gasteiger partial charge >= 0.3 is 6.18 Å². The molecule has 6 heteroatoms. The van der Waals surface area contributed by atoms with Crippen molar-refractivity contribution in [2.24, 2.45) is 5.92 Å². The fraction of sp³-hybridized carbons (Fsp3) is 0.333. The average molecular weight is 384 g/mol. The Labute approximate surface area is 155 Å². The van der Waals surface area contributed by atoms with Gasteiger partial charge in [-0.2, -0.15) is 13.2 Å². The first-order valence-electron chi connectivity index (χ1n) is 8.49. The molecule has 27 heavy (non-hydrogen) atoms. The van der Waals surface area contributed by atoms with Crippen molar-refractivity contribution in [2.45, 2.75) is 25.9 Å². The van der Waals surface area contributed by atoms with Gasteiger partial charge in [-0.25, -0.2) is 8.78 Å². The minimum Gasteiger partial charge on any atom is -0.385 e. The molecule has 0 saturated carbocycles. The number of methoxy groups -OCH3 is 1. The Kier molecular flexibility index (Phi) is 7.13. The highest BCUT2D eigenvalue weighted by atomic mass is 19.4. The maximum Gasteiger partial charge on any atom is 0.392 e. The van der Waals surface area contributed by atoms with Crippen LogP contribution >= 0.6 is 0 Å². The first-order valence-corrected chi connectivity index (χ1v) is 8.49. The van der Waals surface area contributed by atoms with Crippen molar-refractivity contribution in [3.63, 3.8) is 0 Å². The molecule has 2 rings (SSSR count). The van der Waals surface area contributed by atoms with Crippen LogP contribution < -0.4 is 0 Å². The van der Waals surface area contributed by atoms with Crippen LogP contribution in [0.4, 0.5) is 22.0 Å². The van der Waals surface area contributed by atoms with Crippen molar-refractivity contribution >= 4 is 11.7 Å². The zero-order chi connectivity index (χ0) is 20.0. The third-order valence-corrected chi connectivity index (χ3v) is 4.32. The Morgan fingerprint density at radius 3 is 1.81 bits per heavy atom. The summed E-state index contributed by atoms with van der Waals surface area (Å²) in [6.45, 7) is 1.84. The van der Waals surface area contributed by atoms with Gasteiger partial charge in [0.15, 0.2) is 11.7 Å². The summed E-state index contributed by atoms with van der Waals surface area (Å²) < 4.78 is 72.7. The molecule has 0 spiro atoms. The Balaban J connectivity index is 2.18. The molecule has 1 unspecified atom stereocenters. The predicted molar refractivity (Wildman–Crippen MR) is 96.4 cm³/mol. The van der Waals surface area contributed by atoms with Crippen LogP contribution in [0, 0.1) is 12.8 Å². The molecule has 2 aromatic rings. The van der Waals surface area contributed by atoms with Gasteiger partial charge in [0.2, 0.25) is 0 Å². The second-order valence-corrected chi connectivity index (χ2v) is 6.42. The number of ether oxygens (including phenoxy) is 1. The number of alkyl halides is 3. The Bertz CT molecular complexity index is 761. The van der Waals surface area contributed by atoms with E-state index in [0.29, 0.717) is 5.56 Å². The van der Waals surface area contributed by atoms with E-state index in [9.17, 15) is 22.0 Å². The third kappa shape index (κ3) is 5.89. The summed E-state index contributed by atoms with van der Waals surface area (Å²) in [7, 11) is 1.35. The smallest absolute Gasteiger partial charge is 0.385 e. The van der Waals surface area contributed by atoms with Crippen LogP contribution in [0.25, 0.3) is 11.7 Å². The lowest BCUT2D eigenvalue weighted by Gasteiger charge is -2.20. The van der Waals surface area contributed by atoms with E-state index in [0.717, 1.165) is 5.56 Å². The molecule has 146 valence electrons. The number of halogens is 5. The summed E-state index contributed by atoms with van der Waals surface area (Å²) in [6.07, 6.45) is -4.74. The Morgan fingerprint density at radius 2 is 1.37 bits per heavy atom. The maximum atomic E-state index is 14.4. The molecular formula is C21H21F5O. The number of hydrogen-bond acceptors (Lipinski definition) is 1. The topological polar surface area (TPSA) is 9.23 Å². The van der Waals surface area contributed by atoms with Crippen molar-refractivity contribution in [1.82, 2.24) is 0 Å². The van der Waals surface area contributed by atoms with E-state index in [2.05, 4.69) is 0 Å². The Morgan fingerprint density at radius 1 is 0.889 bits per heavy atom. The van der Waals surface area contributed by atoms with Crippen LogP contribution in [0.2, 0.25) is 0 Å². The normalized spacial score (nSPS) is 14.0. The van der Waals surface area contributed by atoms with Crippen LogP contribution in [0.15, 0.2) is 48.5 Å². The molecule has 0 bridgehead atoms. The number of hydrogen-bond donors (Lipinski definition) is 0. The van der Waals surface area contributed by atoms with Crippen LogP contribution in [0.1, 0.15) is 28.7 Å². The van der Waals surface area contributed by atoms with Crippen molar-refractivity contribution in [3.05, 3.63) is 70.8 Å². The van der Waals surface area contributed by atoms with Crippen molar-refractivity contribution in [1.29, 1.82) is 0 Å². The molecular weight excluding hydrogens is 363 g/mol. The molecule has 0 aliphatic rings. The minimum atomic E-state index is -4.35. The first kappa shape index (κ1) is 21.1. The fourth-order valence-corrected chi connectivity index (χ4v) is 2.67. The standard InChI is InChI=1S/C21H21F5O/c1-14-3-7-16(8-4-14)19(22)20(23)17-9-5-15(6-10-17)13-18(11-12-27-2)21(24,25)26/h3-10,18H,11-13H2,1-2H3/b20-19-. The lowest BCUT2D eigenvalue weighted by Crippen LogP contribution is -2.26.